The number of nitrogens with zero attached hydrogens (tertiary/aromatic N) is 5. The number of nitrogens with two attached hydrogens (primary N) is 1. The summed E-state index contributed by atoms with van der Waals surface area (Å²) in [5.74, 6) is 0.236. The highest BCUT2D eigenvalue weighted by Crippen LogP contribution is 2.22. The minimum Gasteiger partial charge on any atom is -0.368 e. The second-order valence-electron chi connectivity index (χ2n) is 6.40. The zero-order chi connectivity index (χ0) is 18.5. The molecular weight excluding hydrogens is 348 g/mol. The first-order valence-electron chi connectivity index (χ1n) is 8.85. The van der Waals surface area contributed by atoms with Crippen LogP contribution in [-0.2, 0) is 0 Å². The second-order valence-corrected chi connectivity index (χ2v) is 6.78. The zero-order valence-electron chi connectivity index (χ0n) is 15.0. The van der Waals surface area contributed by atoms with Gasteiger partial charge in [0.2, 0.25) is 5.95 Å². The number of aromatic nitrogens is 5. The van der Waals surface area contributed by atoms with E-state index < -0.39 is 0 Å². The Morgan fingerprint density at radius 1 is 1.08 bits per heavy atom. The van der Waals surface area contributed by atoms with Gasteiger partial charge in [-0.05, 0) is 19.1 Å². The fourth-order valence-electron chi connectivity index (χ4n) is 2.99. The maximum Gasteiger partial charge on any atom is 0.220 e. The summed E-state index contributed by atoms with van der Waals surface area (Å²) in [6, 6.07) is 3.66. The fourth-order valence-corrected chi connectivity index (χ4v) is 3.16. The molecule has 2 N–H and O–H groups in total. The van der Waals surface area contributed by atoms with Crippen molar-refractivity contribution in [1.29, 1.82) is 0 Å². The summed E-state index contributed by atoms with van der Waals surface area (Å²) in [7, 11) is 0. The Morgan fingerprint density at radius 2 is 1.73 bits per heavy atom. The third-order valence-corrected chi connectivity index (χ3v) is 4.71. The molecular formula is C19H23ClN6. The number of anilines is 1. The lowest BCUT2D eigenvalue weighted by Crippen LogP contribution is -2.03. The highest BCUT2D eigenvalue weighted by molar-refractivity contribution is 6.29. The van der Waals surface area contributed by atoms with Crippen molar-refractivity contribution in [2.45, 2.75) is 45.4 Å². The van der Waals surface area contributed by atoms with Crippen molar-refractivity contribution in [3.05, 3.63) is 53.2 Å². The summed E-state index contributed by atoms with van der Waals surface area (Å²) in [6.45, 7) is 5.89. The van der Waals surface area contributed by atoms with E-state index in [-0.39, 0.29) is 5.95 Å². The van der Waals surface area contributed by atoms with Gasteiger partial charge in [-0.25, -0.2) is 19.5 Å². The molecule has 3 aromatic rings. The van der Waals surface area contributed by atoms with E-state index in [1.807, 2.05) is 19.1 Å². The van der Waals surface area contributed by atoms with Crippen molar-refractivity contribution in [1.82, 2.24) is 24.6 Å². The minimum atomic E-state index is 0.236. The smallest absolute Gasteiger partial charge is 0.220 e. The van der Waals surface area contributed by atoms with Gasteiger partial charge >= 0.3 is 0 Å². The maximum atomic E-state index is 6.01. The van der Waals surface area contributed by atoms with Crippen LogP contribution in [0.4, 0.5) is 5.95 Å². The quantitative estimate of drug-likeness (QED) is 0.719. The van der Waals surface area contributed by atoms with Crippen LogP contribution in [-0.4, -0.2) is 24.6 Å². The molecule has 0 amide bonds. The van der Waals surface area contributed by atoms with Crippen LogP contribution in [0.2, 0.25) is 5.15 Å². The molecule has 3 heterocycles. The first-order chi connectivity index (χ1) is 12.6. The molecule has 6 nitrogen and oxygen atoms in total. The lowest BCUT2D eigenvalue weighted by Gasteiger charge is -2.08. The molecule has 0 saturated heterocycles. The van der Waals surface area contributed by atoms with E-state index in [0.717, 1.165) is 11.3 Å². The number of hydrogen-bond acceptors (Lipinski definition) is 5. The molecule has 0 aromatic carbocycles. The van der Waals surface area contributed by atoms with Crippen LogP contribution in [0.5, 0.6) is 0 Å². The first kappa shape index (κ1) is 18.3. The topological polar surface area (TPSA) is 82.0 Å². The van der Waals surface area contributed by atoms with Crippen LogP contribution in [0.3, 0.4) is 0 Å². The Kier molecular flexibility index (Phi) is 5.83. The molecule has 3 aromatic heterocycles. The summed E-state index contributed by atoms with van der Waals surface area (Å²) in [5, 5.41) is 4.85. The van der Waals surface area contributed by atoms with E-state index in [9.17, 15) is 0 Å². The largest absolute Gasteiger partial charge is 0.368 e. The molecule has 0 radical (unpaired) electrons. The normalized spacial score (nSPS) is 13.9. The van der Waals surface area contributed by atoms with Gasteiger partial charge < -0.3 is 5.73 Å². The number of nitrogen functional groups attached to an aromatic ring is 1. The van der Waals surface area contributed by atoms with Crippen LogP contribution in [0.1, 0.15) is 55.5 Å². The van der Waals surface area contributed by atoms with Crippen molar-refractivity contribution >= 4 is 28.8 Å². The van der Waals surface area contributed by atoms with Crippen LogP contribution >= 0.6 is 11.6 Å². The first-order valence-corrected chi connectivity index (χ1v) is 9.23. The van der Waals surface area contributed by atoms with Crippen molar-refractivity contribution in [3.8, 4) is 0 Å². The number of imidazole rings is 1. The summed E-state index contributed by atoms with van der Waals surface area (Å²) in [4.78, 5) is 12.2. The number of halogens is 1. The van der Waals surface area contributed by atoms with E-state index >= 15 is 0 Å². The van der Waals surface area contributed by atoms with Gasteiger partial charge in [-0.2, -0.15) is 5.10 Å². The highest BCUT2D eigenvalue weighted by atomic mass is 35.5. The molecule has 1 fully saturated rings. The van der Waals surface area contributed by atoms with Crippen molar-refractivity contribution in [2.24, 2.45) is 0 Å². The predicted octanol–water partition coefficient (Wildman–Crippen LogP) is 4.47. The van der Waals surface area contributed by atoms with E-state index in [1.54, 1.807) is 16.9 Å². The average Bonchev–Trinajstić information content (AvgIpc) is 3.04. The van der Waals surface area contributed by atoms with Gasteiger partial charge in [0.25, 0.3) is 0 Å². The van der Waals surface area contributed by atoms with Crippen molar-refractivity contribution in [3.63, 3.8) is 0 Å². The Morgan fingerprint density at radius 3 is 2.35 bits per heavy atom. The van der Waals surface area contributed by atoms with E-state index in [1.165, 1.54) is 38.5 Å². The molecule has 0 spiro atoms. The van der Waals surface area contributed by atoms with Crippen molar-refractivity contribution in [2.75, 3.05) is 5.73 Å². The predicted molar refractivity (Wildman–Crippen MR) is 105 cm³/mol. The van der Waals surface area contributed by atoms with E-state index in [2.05, 4.69) is 26.6 Å². The third-order valence-electron chi connectivity index (χ3n) is 4.45. The molecule has 26 heavy (non-hydrogen) atoms. The average molecular weight is 371 g/mol. The van der Waals surface area contributed by atoms with Gasteiger partial charge in [-0.3, -0.25) is 0 Å². The molecule has 1 aliphatic carbocycles. The molecule has 7 heteroatoms. The summed E-state index contributed by atoms with van der Waals surface area (Å²) < 4.78 is 1.55. The molecule has 0 aliphatic heterocycles. The Balaban J connectivity index is 0.000000278. The monoisotopic (exact) mass is 370 g/mol. The Hall–Kier alpha value is -2.47. The number of hydrogen-bond donors (Lipinski definition) is 1. The Bertz CT molecular complexity index is 902. The van der Waals surface area contributed by atoms with Gasteiger partial charge in [-0.1, -0.05) is 56.7 Å². The van der Waals surface area contributed by atoms with Gasteiger partial charge in [0.1, 0.15) is 0 Å². The Labute approximate surface area is 158 Å². The summed E-state index contributed by atoms with van der Waals surface area (Å²) in [6.07, 6.45) is 12.2. The van der Waals surface area contributed by atoms with Crippen molar-refractivity contribution < 1.29 is 0 Å². The standard InChI is InChI=1S/C13H11ClN6.C6H12/c1-7(9-5-17-13(15)18-8(9)2)10-3-4-12-16-6-11(14)20(12)19-10;1-2-4-6-5-3-1/h3-6H,1H2,2H3,(H2,15,17,18);1-6H2. The van der Waals surface area contributed by atoms with Crippen LogP contribution in [0, 0.1) is 6.92 Å². The highest BCUT2D eigenvalue weighted by Gasteiger charge is 2.11. The fraction of sp³-hybridized carbons (Fsp3) is 0.368. The number of aryl methyl sites for hydroxylation is 1. The van der Waals surface area contributed by atoms with E-state index in [0.29, 0.717) is 22.1 Å². The maximum absolute atomic E-state index is 6.01. The summed E-state index contributed by atoms with van der Waals surface area (Å²) >= 11 is 6.01. The van der Waals surface area contributed by atoms with Crippen LogP contribution < -0.4 is 5.73 Å². The lowest BCUT2D eigenvalue weighted by atomic mass is 10.0. The SMILES string of the molecule is C1CCCCC1.C=C(c1ccc2ncc(Cl)n2n1)c1cnc(N)nc1C. The van der Waals surface area contributed by atoms with Gasteiger partial charge in [-0.15, -0.1) is 0 Å². The molecule has 136 valence electrons. The van der Waals surface area contributed by atoms with Crippen LogP contribution in [0.25, 0.3) is 11.2 Å². The van der Waals surface area contributed by atoms with Gasteiger partial charge in [0, 0.05) is 17.3 Å². The van der Waals surface area contributed by atoms with Crippen LogP contribution in [0.15, 0.2) is 31.1 Å². The summed E-state index contributed by atoms with van der Waals surface area (Å²) in [5.41, 5.74) is 9.15. The molecule has 0 unspecified atom stereocenters. The number of rotatable bonds is 2. The zero-order valence-corrected chi connectivity index (χ0v) is 15.7. The second kappa shape index (κ2) is 8.27. The van der Waals surface area contributed by atoms with Gasteiger partial charge in [0.05, 0.1) is 17.6 Å². The molecule has 4 rings (SSSR count). The molecule has 0 atom stereocenters. The lowest BCUT2D eigenvalue weighted by molar-refractivity contribution is 0.504. The third kappa shape index (κ3) is 4.19. The minimum absolute atomic E-state index is 0.236. The van der Waals surface area contributed by atoms with Gasteiger partial charge in [0.15, 0.2) is 10.8 Å². The number of fused-ring (bicyclic) bond motifs is 1. The molecule has 1 saturated carbocycles. The molecule has 0 bridgehead atoms. The molecule has 1 aliphatic rings. The van der Waals surface area contributed by atoms with E-state index in [4.69, 9.17) is 17.3 Å².